The number of hydrogen-bond donors (Lipinski definition) is 1. The number of carbonyl (C=O) groups is 1. The van der Waals surface area contributed by atoms with Gasteiger partial charge in [-0.25, -0.2) is 4.98 Å². The van der Waals surface area contributed by atoms with Gasteiger partial charge in [0.1, 0.15) is 5.75 Å². The van der Waals surface area contributed by atoms with E-state index in [4.69, 9.17) is 4.74 Å². The zero-order valence-corrected chi connectivity index (χ0v) is 11.7. The molecule has 2 aromatic heterocycles. The Hall–Kier alpha value is -2.34. The van der Waals surface area contributed by atoms with Gasteiger partial charge in [-0.1, -0.05) is 0 Å². The molecule has 0 bridgehead atoms. The molecule has 3 rings (SSSR count). The van der Waals surface area contributed by atoms with Gasteiger partial charge in [-0.15, -0.1) is 11.3 Å². The van der Waals surface area contributed by atoms with Crippen LogP contribution in [-0.2, 0) is 11.2 Å². The van der Waals surface area contributed by atoms with Gasteiger partial charge in [0.2, 0.25) is 5.91 Å². The topological polar surface area (TPSA) is 55.6 Å². The van der Waals surface area contributed by atoms with Crippen LogP contribution in [-0.4, -0.2) is 22.4 Å². The molecule has 0 aliphatic heterocycles. The summed E-state index contributed by atoms with van der Waals surface area (Å²) in [6.07, 6.45) is 4.07. The number of ether oxygens (including phenoxy) is 1. The second-order valence-corrected chi connectivity index (χ2v) is 5.15. The molecule has 102 valence electrons. The lowest BCUT2D eigenvalue weighted by Gasteiger charge is -2.05. The maximum Gasteiger partial charge on any atom is 0.230 e. The molecule has 0 unspecified atom stereocenters. The quantitative estimate of drug-likeness (QED) is 0.802. The molecule has 0 aliphatic rings. The normalized spacial score (nSPS) is 10.7. The van der Waals surface area contributed by atoms with Crippen LogP contribution in [0.3, 0.4) is 0 Å². The van der Waals surface area contributed by atoms with E-state index < -0.39 is 0 Å². The second kappa shape index (κ2) is 5.34. The van der Waals surface area contributed by atoms with Gasteiger partial charge in [-0.05, 0) is 24.3 Å². The summed E-state index contributed by atoms with van der Waals surface area (Å²) in [4.78, 5) is 17.2. The molecule has 0 aliphatic carbocycles. The zero-order chi connectivity index (χ0) is 13.9. The standard InChI is InChI=1S/C14H13N3O2S/c1-19-12-4-2-10(3-5-12)15-13(18)8-11-9-17-6-7-20-14(17)16-11/h2-7,9H,8H2,1H3,(H,15,18). The van der Waals surface area contributed by atoms with Crippen LogP contribution >= 0.6 is 11.3 Å². The van der Waals surface area contributed by atoms with Crippen molar-refractivity contribution in [3.8, 4) is 5.75 Å². The number of nitrogens with zero attached hydrogens (tertiary/aromatic N) is 2. The van der Waals surface area contributed by atoms with Crippen LogP contribution in [0, 0.1) is 0 Å². The first-order valence-corrected chi connectivity index (χ1v) is 6.97. The van der Waals surface area contributed by atoms with E-state index in [1.54, 1.807) is 18.4 Å². The molecule has 3 aromatic rings. The number of carbonyl (C=O) groups excluding carboxylic acids is 1. The second-order valence-electron chi connectivity index (χ2n) is 4.28. The number of methoxy groups -OCH3 is 1. The van der Waals surface area contributed by atoms with Gasteiger partial charge in [-0.3, -0.25) is 9.20 Å². The first kappa shape index (κ1) is 12.7. The van der Waals surface area contributed by atoms with Crippen molar-refractivity contribution in [3.05, 3.63) is 47.7 Å². The van der Waals surface area contributed by atoms with Gasteiger partial charge in [0.05, 0.1) is 19.2 Å². The maximum atomic E-state index is 11.9. The molecule has 5 nitrogen and oxygen atoms in total. The number of imidazole rings is 1. The average Bonchev–Trinajstić information content (AvgIpc) is 3.00. The SMILES string of the molecule is COc1ccc(NC(=O)Cc2cn3ccsc3n2)cc1. The van der Waals surface area contributed by atoms with E-state index in [-0.39, 0.29) is 12.3 Å². The van der Waals surface area contributed by atoms with Crippen molar-refractivity contribution < 1.29 is 9.53 Å². The number of thiazole rings is 1. The molecule has 1 N–H and O–H groups in total. The number of benzene rings is 1. The van der Waals surface area contributed by atoms with E-state index in [0.717, 1.165) is 22.1 Å². The van der Waals surface area contributed by atoms with E-state index in [1.165, 1.54) is 0 Å². The fourth-order valence-electron chi connectivity index (χ4n) is 1.91. The Balaban J connectivity index is 1.65. The Morgan fingerprint density at radius 3 is 2.90 bits per heavy atom. The summed E-state index contributed by atoms with van der Waals surface area (Å²) in [7, 11) is 1.61. The highest BCUT2D eigenvalue weighted by molar-refractivity contribution is 7.15. The number of anilines is 1. The molecule has 6 heteroatoms. The van der Waals surface area contributed by atoms with Crippen molar-refractivity contribution in [1.82, 2.24) is 9.38 Å². The van der Waals surface area contributed by atoms with Crippen LogP contribution in [0.1, 0.15) is 5.69 Å². The molecule has 1 amide bonds. The smallest absolute Gasteiger partial charge is 0.230 e. The first-order chi connectivity index (χ1) is 9.74. The van der Waals surface area contributed by atoms with E-state index >= 15 is 0 Å². The molecule has 0 saturated heterocycles. The highest BCUT2D eigenvalue weighted by atomic mass is 32.1. The predicted molar refractivity (Wildman–Crippen MR) is 78.4 cm³/mol. The largest absolute Gasteiger partial charge is 0.497 e. The predicted octanol–water partition coefficient (Wildman–Crippen LogP) is 2.59. The highest BCUT2D eigenvalue weighted by Gasteiger charge is 2.08. The highest BCUT2D eigenvalue weighted by Crippen LogP contribution is 2.16. The number of rotatable bonds is 4. The molecule has 2 heterocycles. The fraction of sp³-hybridized carbons (Fsp3) is 0.143. The van der Waals surface area contributed by atoms with Gasteiger partial charge in [-0.2, -0.15) is 0 Å². The summed E-state index contributed by atoms with van der Waals surface area (Å²) in [6.45, 7) is 0. The van der Waals surface area contributed by atoms with Crippen molar-refractivity contribution in [3.63, 3.8) is 0 Å². The van der Waals surface area contributed by atoms with Crippen molar-refractivity contribution in [2.45, 2.75) is 6.42 Å². The lowest BCUT2D eigenvalue weighted by molar-refractivity contribution is -0.115. The molecule has 0 fully saturated rings. The summed E-state index contributed by atoms with van der Waals surface area (Å²) in [5.41, 5.74) is 1.51. The van der Waals surface area contributed by atoms with Crippen molar-refractivity contribution >= 4 is 27.9 Å². The molecule has 0 saturated carbocycles. The van der Waals surface area contributed by atoms with Crippen LogP contribution in [0.15, 0.2) is 42.0 Å². The van der Waals surface area contributed by atoms with Gasteiger partial charge in [0, 0.05) is 23.5 Å². The van der Waals surface area contributed by atoms with E-state index in [9.17, 15) is 4.79 Å². The Bertz CT molecular complexity index is 702. The molecule has 20 heavy (non-hydrogen) atoms. The summed E-state index contributed by atoms with van der Waals surface area (Å²) in [5, 5.41) is 4.80. The summed E-state index contributed by atoms with van der Waals surface area (Å²) >= 11 is 1.55. The maximum absolute atomic E-state index is 11.9. The minimum absolute atomic E-state index is 0.0825. The lowest BCUT2D eigenvalue weighted by atomic mass is 10.2. The number of aromatic nitrogens is 2. The lowest BCUT2D eigenvalue weighted by Crippen LogP contribution is -2.14. The first-order valence-electron chi connectivity index (χ1n) is 6.09. The summed E-state index contributed by atoms with van der Waals surface area (Å²) in [5.74, 6) is 0.679. The monoisotopic (exact) mass is 287 g/mol. The molecule has 0 spiro atoms. The minimum atomic E-state index is -0.0825. The number of hydrogen-bond acceptors (Lipinski definition) is 4. The van der Waals surface area contributed by atoms with Gasteiger partial charge in [0.25, 0.3) is 0 Å². The van der Waals surface area contributed by atoms with Crippen LogP contribution in [0.25, 0.3) is 4.96 Å². The number of amides is 1. The third-order valence-corrected chi connectivity index (χ3v) is 3.63. The van der Waals surface area contributed by atoms with E-state index in [2.05, 4.69) is 10.3 Å². The van der Waals surface area contributed by atoms with E-state index in [1.807, 2.05) is 46.4 Å². The Morgan fingerprint density at radius 2 is 2.20 bits per heavy atom. The minimum Gasteiger partial charge on any atom is -0.497 e. The molecule has 0 atom stereocenters. The van der Waals surface area contributed by atoms with Crippen molar-refractivity contribution in [1.29, 1.82) is 0 Å². The summed E-state index contributed by atoms with van der Waals surface area (Å²) in [6, 6.07) is 7.23. The van der Waals surface area contributed by atoms with Crippen LogP contribution in [0.2, 0.25) is 0 Å². The third-order valence-electron chi connectivity index (χ3n) is 2.86. The van der Waals surface area contributed by atoms with Crippen molar-refractivity contribution in [2.75, 3.05) is 12.4 Å². The molecular formula is C14H13N3O2S. The zero-order valence-electron chi connectivity index (χ0n) is 10.9. The van der Waals surface area contributed by atoms with Crippen LogP contribution in [0.5, 0.6) is 5.75 Å². The fourth-order valence-corrected chi connectivity index (χ4v) is 2.62. The molecule has 1 aromatic carbocycles. The Kier molecular flexibility index (Phi) is 3.39. The average molecular weight is 287 g/mol. The number of nitrogens with one attached hydrogen (secondary N) is 1. The van der Waals surface area contributed by atoms with Crippen LogP contribution < -0.4 is 10.1 Å². The number of fused-ring (bicyclic) bond motifs is 1. The third kappa shape index (κ3) is 2.65. The van der Waals surface area contributed by atoms with Crippen molar-refractivity contribution in [2.24, 2.45) is 0 Å². The molecule has 0 radical (unpaired) electrons. The Labute approximate surface area is 119 Å². The Morgan fingerprint density at radius 1 is 1.40 bits per heavy atom. The molecular weight excluding hydrogens is 274 g/mol. The van der Waals surface area contributed by atoms with Gasteiger partial charge < -0.3 is 10.1 Å². The van der Waals surface area contributed by atoms with Gasteiger partial charge in [0.15, 0.2) is 4.96 Å². The van der Waals surface area contributed by atoms with Crippen LogP contribution in [0.4, 0.5) is 5.69 Å². The van der Waals surface area contributed by atoms with E-state index in [0.29, 0.717) is 0 Å². The summed E-state index contributed by atoms with van der Waals surface area (Å²) < 4.78 is 6.99. The van der Waals surface area contributed by atoms with Gasteiger partial charge >= 0.3 is 0 Å².